The zero-order chi connectivity index (χ0) is 20.2. The fourth-order valence-electron chi connectivity index (χ4n) is 3.68. The van der Waals surface area contributed by atoms with Crippen molar-refractivity contribution in [3.63, 3.8) is 0 Å². The average Bonchev–Trinajstić information content (AvgIpc) is 2.66. The summed E-state index contributed by atoms with van der Waals surface area (Å²) in [7, 11) is 3.90. The van der Waals surface area contributed by atoms with Gasteiger partial charge < -0.3 is 19.4 Å². The molecule has 0 aromatic carbocycles. The highest BCUT2D eigenvalue weighted by molar-refractivity contribution is 5.77. The highest BCUT2D eigenvalue weighted by atomic mass is 16.5. The summed E-state index contributed by atoms with van der Waals surface area (Å²) >= 11 is 0. The highest BCUT2D eigenvalue weighted by Gasteiger charge is 2.23. The van der Waals surface area contributed by atoms with Gasteiger partial charge >= 0.3 is 0 Å². The van der Waals surface area contributed by atoms with E-state index in [1.54, 1.807) is 7.11 Å². The summed E-state index contributed by atoms with van der Waals surface area (Å²) in [5.74, 6) is 0.276. The van der Waals surface area contributed by atoms with E-state index >= 15 is 0 Å². The van der Waals surface area contributed by atoms with Gasteiger partial charge in [-0.2, -0.15) is 0 Å². The van der Waals surface area contributed by atoms with Crippen LogP contribution in [0.25, 0.3) is 0 Å². The van der Waals surface area contributed by atoms with E-state index in [1.807, 2.05) is 4.90 Å². The van der Waals surface area contributed by atoms with Gasteiger partial charge in [-0.15, -0.1) is 0 Å². The Balaban J connectivity index is 2.96. The minimum Gasteiger partial charge on any atom is -0.380 e. The summed E-state index contributed by atoms with van der Waals surface area (Å²) in [6.45, 7) is 14.3. The third-order valence-electron chi connectivity index (χ3n) is 5.38. The van der Waals surface area contributed by atoms with Gasteiger partial charge in [0.1, 0.15) is 0 Å². The highest BCUT2D eigenvalue weighted by Crippen LogP contribution is 2.20. The molecule has 1 fully saturated rings. The fraction of sp³-hybridized carbons (Fsp3) is 0.773. The first kappa shape index (κ1) is 23.7. The number of likely N-dealkylation sites (tertiary alicyclic amines) is 1. The lowest BCUT2D eigenvalue weighted by Gasteiger charge is -2.33. The van der Waals surface area contributed by atoms with E-state index in [0.717, 1.165) is 52.0 Å². The van der Waals surface area contributed by atoms with Crippen molar-refractivity contribution in [2.45, 2.75) is 59.4 Å². The molecule has 0 aliphatic carbocycles. The van der Waals surface area contributed by atoms with E-state index in [-0.39, 0.29) is 11.9 Å². The maximum absolute atomic E-state index is 12.3. The second-order valence-electron chi connectivity index (χ2n) is 7.36. The lowest BCUT2D eigenvalue weighted by atomic mass is 10.0. The minimum absolute atomic E-state index is 0.0967. The third kappa shape index (κ3) is 7.67. The molecule has 0 bridgehead atoms. The molecular weight excluding hydrogens is 338 g/mol. The van der Waals surface area contributed by atoms with E-state index in [1.165, 1.54) is 11.3 Å². The van der Waals surface area contributed by atoms with E-state index in [4.69, 9.17) is 4.74 Å². The number of amides is 1. The van der Waals surface area contributed by atoms with Crippen LogP contribution in [0.4, 0.5) is 0 Å². The Morgan fingerprint density at radius 1 is 1.22 bits per heavy atom. The summed E-state index contributed by atoms with van der Waals surface area (Å²) < 4.78 is 5.51. The Hall–Kier alpha value is -1.33. The number of carbonyl (C=O) groups is 1. The van der Waals surface area contributed by atoms with Crippen LogP contribution in [-0.4, -0.2) is 80.1 Å². The predicted octanol–water partition coefficient (Wildman–Crippen LogP) is 3.53. The van der Waals surface area contributed by atoms with Crippen molar-refractivity contribution in [1.29, 1.82) is 0 Å². The van der Waals surface area contributed by atoms with Crippen molar-refractivity contribution >= 4 is 5.91 Å². The number of hydrogen-bond donors (Lipinski definition) is 0. The normalized spacial score (nSPS) is 17.6. The van der Waals surface area contributed by atoms with Crippen molar-refractivity contribution in [2.75, 3.05) is 53.5 Å². The molecule has 5 nitrogen and oxygen atoms in total. The molecule has 0 spiro atoms. The Morgan fingerprint density at radius 3 is 2.48 bits per heavy atom. The molecule has 0 radical (unpaired) electrons. The number of nitrogens with zero attached hydrogens (tertiary/aromatic N) is 3. The van der Waals surface area contributed by atoms with Gasteiger partial charge in [0.05, 0.1) is 6.61 Å². The predicted molar refractivity (Wildman–Crippen MR) is 114 cm³/mol. The van der Waals surface area contributed by atoms with Crippen molar-refractivity contribution < 1.29 is 9.53 Å². The van der Waals surface area contributed by atoms with Gasteiger partial charge in [-0.25, -0.2) is 0 Å². The van der Waals surface area contributed by atoms with E-state index in [9.17, 15) is 4.79 Å². The first-order chi connectivity index (χ1) is 13.0. The number of rotatable bonds is 12. The molecule has 1 amide bonds. The van der Waals surface area contributed by atoms with Crippen LogP contribution in [0.5, 0.6) is 0 Å². The quantitative estimate of drug-likeness (QED) is 0.486. The SMILES string of the molecule is CC/C=C(\C(=C/C(C)N1CCCCC1=O)COC)N(C)CCN(CC)CC. The van der Waals surface area contributed by atoms with Crippen LogP contribution in [0.2, 0.25) is 0 Å². The molecule has 0 saturated carbocycles. The van der Waals surface area contributed by atoms with Gasteiger partial charge in [0.15, 0.2) is 0 Å². The standard InChI is InChI=1S/C22H41N3O2/c1-7-12-21(23(5)15-16-24(8-2)9-3)20(18-27-6)17-19(4)25-14-11-10-13-22(25)26/h12,17,19H,7-11,13-16,18H2,1-6H3/b20-17-,21-12+. The molecule has 1 aliphatic rings. The topological polar surface area (TPSA) is 36.0 Å². The number of hydrogen-bond acceptors (Lipinski definition) is 4. The maximum Gasteiger partial charge on any atom is 0.223 e. The van der Waals surface area contributed by atoms with Gasteiger partial charge in [-0.1, -0.05) is 32.9 Å². The van der Waals surface area contributed by atoms with Crippen molar-refractivity contribution in [1.82, 2.24) is 14.7 Å². The van der Waals surface area contributed by atoms with Gasteiger partial charge in [0, 0.05) is 52.0 Å². The Bertz CT molecular complexity index is 498. The van der Waals surface area contributed by atoms with E-state index in [0.29, 0.717) is 13.0 Å². The number of methoxy groups -OCH3 is 1. The van der Waals surface area contributed by atoms with Gasteiger partial charge in [0.25, 0.3) is 0 Å². The molecular formula is C22H41N3O2. The van der Waals surface area contributed by atoms with Crippen molar-refractivity contribution in [3.05, 3.63) is 23.4 Å². The average molecular weight is 380 g/mol. The fourth-order valence-corrected chi connectivity index (χ4v) is 3.68. The molecule has 1 atom stereocenters. The van der Waals surface area contributed by atoms with Crippen LogP contribution in [0.3, 0.4) is 0 Å². The molecule has 1 heterocycles. The smallest absolute Gasteiger partial charge is 0.223 e. The maximum atomic E-state index is 12.3. The van der Waals surface area contributed by atoms with Crippen LogP contribution >= 0.6 is 0 Å². The van der Waals surface area contributed by atoms with Crippen LogP contribution in [-0.2, 0) is 9.53 Å². The first-order valence-corrected chi connectivity index (χ1v) is 10.6. The van der Waals surface area contributed by atoms with Crippen molar-refractivity contribution in [2.24, 2.45) is 0 Å². The summed E-state index contributed by atoms with van der Waals surface area (Å²) in [6, 6.07) is 0.0967. The second kappa shape index (κ2) is 12.9. The molecule has 0 aromatic heterocycles. The number of carbonyl (C=O) groups excluding carboxylic acids is 1. The monoisotopic (exact) mass is 379 g/mol. The lowest BCUT2D eigenvalue weighted by molar-refractivity contribution is -0.134. The van der Waals surface area contributed by atoms with E-state index in [2.05, 4.69) is 56.7 Å². The molecule has 27 heavy (non-hydrogen) atoms. The summed E-state index contributed by atoms with van der Waals surface area (Å²) in [5, 5.41) is 0. The number of piperidine rings is 1. The van der Waals surface area contributed by atoms with Crippen molar-refractivity contribution in [3.8, 4) is 0 Å². The Morgan fingerprint density at radius 2 is 1.93 bits per heavy atom. The second-order valence-corrected chi connectivity index (χ2v) is 7.36. The Labute approximate surface area is 167 Å². The number of likely N-dealkylation sites (N-methyl/N-ethyl adjacent to an activating group) is 2. The first-order valence-electron chi connectivity index (χ1n) is 10.6. The van der Waals surface area contributed by atoms with Gasteiger partial charge in [-0.05, 0) is 44.8 Å². The molecule has 1 aliphatic heterocycles. The number of allylic oxidation sites excluding steroid dienone is 1. The zero-order valence-electron chi connectivity index (χ0n) is 18.5. The summed E-state index contributed by atoms with van der Waals surface area (Å²) in [4.78, 5) is 19.1. The Kier molecular flexibility index (Phi) is 11.4. The lowest BCUT2D eigenvalue weighted by Crippen LogP contribution is -2.41. The van der Waals surface area contributed by atoms with Crippen LogP contribution in [0.15, 0.2) is 23.4 Å². The van der Waals surface area contributed by atoms with Crippen LogP contribution in [0.1, 0.15) is 53.4 Å². The molecule has 156 valence electrons. The van der Waals surface area contributed by atoms with Crippen LogP contribution in [0, 0.1) is 0 Å². The molecule has 1 saturated heterocycles. The summed E-state index contributed by atoms with van der Waals surface area (Å²) in [5.41, 5.74) is 2.40. The molecule has 1 rings (SSSR count). The molecule has 0 N–H and O–H groups in total. The van der Waals surface area contributed by atoms with Gasteiger partial charge in [-0.3, -0.25) is 4.79 Å². The largest absolute Gasteiger partial charge is 0.380 e. The molecule has 1 unspecified atom stereocenters. The molecule has 5 heteroatoms. The van der Waals surface area contributed by atoms with Crippen LogP contribution < -0.4 is 0 Å². The third-order valence-corrected chi connectivity index (χ3v) is 5.38. The minimum atomic E-state index is 0.0967. The zero-order valence-corrected chi connectivity index (χ0v) is 18.5. The summed E-state index contributed by atoms with van der Waals surface area (Å²) in [6.07, 6.45) is 8.28. The number of ether oxygens (including phenoxy) is 1. The van der Waals surface area contributed by atoms with E-state index < -0.39 is 0 Å². The molecule has 0 aromatic rings. The van der Waals surface area contributed by atoms with Gasteiger partial charge in [0.2, 0.25) is 5.91 Å².